The number of carbonyl (C=O) groups excluding carboxylic acids is 1. The standard InChI is InChI=1S/C28H26ClNO3S/c29-21-8-4-20(5-9-21)28-26(24-13-10-22(31)18-25(24)34-28)27(32)19-6-11-23(12-7-19)33-17-16-30-14-2-1-3-15-30/h4-13,18,31H,1-3,14-17H2. The predicted octanol–water partition coefficient (Wildman–Crippen LogP) is 7.02. The van der Waals surface area contributed by atoms with Gasteiger partial charge in [-0.05, 0) is 86.1 Å². The summed E-state index contributed by atoms with van der Waals surface area (Å²) in [5.74, 6) is 0.898. The lowest BCUT2D eigenvalue weighted by molar-refractivity contribution is 0.104. The van der Waals surface area contributed by atoms with Crippen molar-refractivity contribution >= 4 is 38.8 Å². The average molecular weight is 492 g/mol. The smallest absolute Gasteiger partial charge is 0.195 e. The lowest BCUT2D eigenvalue weighted by Gasteiger charge is -2.26. The van der Waals surface area contributed by atoms with Crippen LogP contribution in [0.1, 0.15) is 35.2 Å². The first-order chi connectivity index (χ1) is 16.6. The highest BCUT2D eigenvalue weighted by atomic mass is 35.5. The van der Waals surface area contributed by atoms with Crippen LogP contribution >= 0.6 is 22.9 Å². The van der Waals surface area contributed by atoms with E-state index in [1.807, 2.05) is 54.6 Å². The van der Waals surface area contributed by atoms with Crippen LogP contribution in [0.3, 0.4) is 0 Å². The molecule has 2 heterocycles. The zero-order chi connectivity index (χ0) is 23.5. The van der Waals surface area contributed by atoms with Gasteiger partial charge in [0.2, 0.25) is 0 Å². The molecule has 0 saturated carbocycles. The Hall–Kier alpha value is -2.86. The summed E-state index contributed by atoms with van der Waals surface area (Å²) in [6, 6.07) is 20.0. The molecule has 4 aromatic rings. The fourth-order valence-corrected chi connectivity index (χ4v) is 5.80. The Morgan fingerprint density at radius 1 is 0.971 bits per heavy atom. The Kier molecular flexibility index (Phi) is 6.86. The molecule has 0 unspecified atom stereocenters. The van der Waals surface area contributed by atoms with E-state index in [0.717, 1.165) is 45.9 Å². The number of fused-ring (bicyclic) bond motifs is 1. The molecule has 4 nitrogen and oxygen atoms in total. The first-order valence-electron chi connectivity index (χ1n) is 11.6. The second-order valence-corrected chi connectivity index (χ2v) is 10.1. The second-order valence-electron chi connectivity index (χ2n) is 8.60. The number of ketones is 1. The topological polar surface area (TPSA) is 49.8 Å². The molecule has 1 aromatic heterocycles. The van der Waals surface area contributed by atoms with Crippen LogP contribution in [-0.4, -0.2) is 42.0 Å². The first kappa shape index (κ1) is 22.9. The number of carbonyl (C=O) groups is 1. The number of hydrogen-bond acceptors (Lipinski definition) is 5. The molecule has 1 fully saturated rings. The van der Waals surface area contributed by atoms with E-state index in [1.165, 1.54) is 30.6 Å². The Labute approximate surface area is 208 Å². The molecule has 34 heavy (non-hydrogen) atoms. The van der Waals surface area contributed by atoms with Gasteiger partial charge >= 0.3 is 0 Å². The Morgan fingerprint density at radius 3 is 2.44 bits per heavy atom. The van der Waals surface area contributed by atoms with Gasteiger partial charge in [0.25, 0.3) is 0 Å². The molecule has 3 aromatic carbocycles. The van der Waals surface area contributed by atoms with Crippen molar-refractivity contribution < 1.29 is 14.6 Å². The number of benzene rings is 3. The molecular formula is C28H26ClNO3S. The van der Waals surface area contributed by atoms with Gasteiger partial charge in [0.05, 0.1) is 0 Å². The Morgan fingerprint density at radius 2 is 1.71 bits per heavy atom. The van der Waals surface area contributed by atoms with Crippen LogP contribution in [0.5, 0.6) is 11.5 Å². The van der Waals surface area contributed by atoms with E-state index in [-0.39, 0.29) is 11.5 Å². The van der Waals surface area contributed by atoms with Crippen molar-refractivity contribution in [2.75, 3.05) is 26.2 Å². The van der Waals surface area contributed by atoms with Crippen LogP contribution in [-0.2, 0) is 0 Å². The minimum atomic E-state index is -0.0539. The van der Waals surface area contributed by atoms with Crippen LogP contribution in [0.2, 0.25) is 5.02 Å². The zero-order valence-electron chi connectivity index (χ0n) is 18.8. The number of thiophene rings is 1. The number of rotatable bonds is 7. The van der Waals surface area contributed by atoms with E-state index in [9.17, 15) is 9.90 Å². The fraction of sp³-hybridized carbons (Fsp3) is 0.250. The second kappa shape index (κ2) is 10.2. The number of hydrogen-bond donors (Lipinski definition) is 1. The van der Waals surface area contributed by atoms with Crippen molar-refractivity contribution in [2.24, 2.45) is 0 Å². The number of likely N-dealkylation sites (tertiary alicyclic amines) is 1. The number of phenols is 1. The van der Waals surface area contributed by atoms with Crippen LogP contribution in [0.4, 0.5) is 0 Å². The maximum absolute atomic E-state index is 13.7. The van der Waals surface area contributed by atoms with Crippen LogP contribution in [0, 0.1) is 0 Å². The molecule has 0 spiro atoms. The quantitative estimate of drug-likeness (QED) is 0.282. The number of piperidine rings is 1. The summed E-state index contributed by atoms with van der Waals surface area (Å²) in [4.78, 5) is 17.0. The predicted molar refractivity (Wildman–Crippen MR) is 140 cm³/mol. The van der Waals surface area contributed by atoms with Gasteiger partial charge in [-0.1, -0.05) is 30.2 Å². The summed E-state index contributed by atoms with van der Waals surface area (Å²) >= 11 is 7.58. The molecule has 0 amide bonds. The van der Waals surface area contributed by atoms with E-state index in [0.29, 0.717) is 22.8 Å². The third-order valence-corrected chi connectivity index (χ3v) is 7.70. The number of ether oxygens (including phenoxy) is 1. The minimum Gasteiger partial charge on any atom is -0.508 e. The van der Waals surface area contributed by atoms with Crippen molar-refractivity contribution in [2.45, 2.75) is 19.3 Å². The van der Waals surface area contributed by atoms with E-state index >= 15 is 0 Å². The number of halogens is 1. The molecule has 0 atom stereocenters. The SMILES string of the molecule is O=C(c1ccc(OCCN2CCCCC2)cc1)c1c(-c2ccc(Cl)cc2)sc2cc(O)ccc12. The van der Waals surface area contributed by atoms with E-state index < -0.39 is 0 Å². The Bertz CT molecular complexity index is 1290. The van der Waals surface area contributed by atoms with Crippen LogP contribution in [0.25, 0.3) is 20.5 Å². The normalized spacial score (nSPS) is 14.4. The van der Waals surface area contributed by atoms with Crippen LogP contribution in [0.15, 0.2) is 66.7 Å². The summed E-state index contributed by atoms with van der Waals surface area (Å²) in [7, 11) is 0. The van der Waals surface area contributed by atoms with Crippen molar-refractivity contribution in [3.63, 3.8) is 0 Å². The van der Waals surface area contributed by atoms with Gasteiger partial charge in [0.15, 0.2) is 5.78 Å². The molecular weight excluding hydrogens is 466 g/mol. The number of aromatic hydroxyl groups is 1. The summed E-state index contributed by atoms with van der Waals surface area (Å²) < 4.78 is 6.80. The van der Waals surface area contributed by atoms with Crippen molar-refractivity contribution in [3.05, 3.63) is 82.9 Å². The number of nitrogens with zero attached hydrogens (tertiary/aromatic N) is 1. The van der Waals surface area contributed by atoms with Gasteiger partial charge in [-0.25, -0.2) is 0 Å². The van der Waals surface area contributed by atoms with E-state index in [2.05, 4.69) is 4.90 Å². The minimum absolute atomic E-state index is 0.0539. The summed E-state index contributed by atoms with van der Waals surface area (Å²) in [6.45, 7) is 3.88. The molecule has 5 rings (SSSR count). The average Bonchev–Trinajstić information content (AvgIpc) is 3.23. The third kappa shape index (κ3) is 4.97. The van der Waals surface area contributed by atoms with Crippen molar-refractivity contribution in [1.82, 2.24) is 4.90 Å². The molecule has 6 heteroatoms. The number of phenolic OH excluding ortho intramolecular Hbond substituents is 1. The van der Waals surface area contributed by atoms with Gasteiger partial charge in [-0.2, -0.15) is 0 Å². The van der Waals surface area contributed by atoms with E-state index in [4.69, 9.17) is 16.3 Å². The van der Waals surface area contributed by atoms with Gasteiger partial charge < -0.3 is 9.84 Å². The fourth-order valence-electron chi connectivity index (χ4n) is 4.44. The van der Waals surface area contributed by atoms with E-state index in [1.54, 1.807) is 12.1 Å². The summed E-state index contributed by atoms with van der Waals surface area (Å²) in [6.07, 6.45) is 3.87. The summed E-state index contributed by atoms with van der Waals surface area (Å²) in [5, 5.41) is 11.4. The van der Waals surface area contributed by atoms with Gasteiger partial charge in [-0.15, -0.1) is 11.3 Å². The highest BCUT2D eigenvalue weighted by Gasteiger charge is 2.22. The highest BCUT2D eigenvalue weighted by Crippen LogP contribution is 2.41. The molecule has 0 aliphatic carbocycles. The van der Waals surface area contributed by atoms with Crippen molar-refractivity contribution in [1.29, 1.82) is 0 Å². The third-order valence-electron chi connectivity index (χ3n) is 6.25. The monoisotopic (exact) mass is 491 g/mol. The summed E-state index contributed by atoms with van der Waals surface area (Å²) in [5.41, 5.74) is 2.17. The molecule has 1 N–H and O–H groups in total. The Balaban J connectivity index is 1.39. The first-order valence-corrected chi connectivity index (χ1v) is 12.8. The van der Waals surface area contributed by atoms with Crippen molar-refractivity contribution in [3.8, 4) is 21.9 Å². The molecule has 1 aliphatic rings. The maximum Gasteiger partial charge on any atom is 0.195 e. The zero-order valence-corrected chi connectivity index (χ0v) is 20.4. The molecule has 1 aliphatic heterocycles. The van der Waals surface area contributed by atoms with Gasteiger partial charge in [-0.3, -0.25) is 9.69 Å². The largest absolute Gasteiger partial charge is 0.508 e. The van der Waals surface area contributed by atoms with Gasteiger partial charge in [0.1, 0.15) is 18.1 Å². The lowest BCUT2D eigenvalue weighted by atomic mass is 9.97. The lowest BCUT2D eigenvalue weighted by Crippen LogP contribution is -2.33. The maximum atomic E-state index is 13.7. The molecule has 0 bridgehead atoms. The molecule has 0 radical (unpaired) electrons. The van der Waals surface area contributed by atoms with Crippen LogP contribution < -0.4 is 4.74 Å². The molecule has 174 valence electrons. The highest BCUT2D eigenvalue weighted by molar-refractivity contribution is 7.22. The molecule has 1 saturated heterocycles. The van der Waals surface area contributed by atoms with Gasteiger partial charge in [0, 0.05) is 37.7 Å².